The first-order valence-electron chi connectivity index (χ1n) is 7.00. The molecular formula is C15H20F2N2OS. The number of benzene rings is 1. The Balaban J connectivity index is 1.91. The van der Waals surface area contributed by atoms with Crippen LogP contribution in [0.1, 0.15) is 31.4 Å². The molecule has 0 radical (unpaired) electrons. The molecule has 1 aromatic rings. The van der Waals surface area contributed by atoms with Crippen molar-refractivity contribution in [2.75, 3.05) is 13.6 Å². The van der Waals surface area contributed by atoms with Crippen LogP contribution < -0.4 is 5.32 Å². The average Bonchev–Trinajstić information content (AvgIpc) is 2.43. The van der Waals surface area contributed by atoms with Crippen LogP contribution in [0.5, 0.6) is 0 Å². The smallest absolute Gasteiger partial charge is 0.288 e. The van der Waals surface area contributed by atoms with E-state index < -0.39 is 5.76 Å². The van der Waals surface area contributed by atoms with Crippen LogP contribution in [0.25, 0.3) is 0 Å². The minimum absolute atomic E-state index is 0.127. The minimum atomic E-state index is -2.39. The molecule has 116 valence electrons. The highest BCUT2D eigenvalue weighted by atomic mass is 32.2. The van der Waals surface area contributed by atoms with Crippen molar-refractivity contribution < 1.29 is 13.6 Å². The van der Waals surface area contributed by atoms with Crippen LogP contribution >= 0.6 is 11.8 Å². The van der Waals surface area contributed by atoms with E-state index in [1.807, 2.05) is 26.1 Å². The van der Waals surface area contributed by atoms with Gasteiger partial charge in [0.1, 0.15) is 0 Å². The first-order chi connectivity index (χ1) is 9.95. The monoisotopic (exact) mass is 314 g/mol. The van der Waals surface area contributed by atoms with E-state index in [-0.39, 0.29) is 18.0 Å². The highest BCUT2D eigenvalue weighted by molar-refractivity contribution is 7.99. The third kappa shape index (κ3) is 4.68. The summed E-state index contributed by atoms with van der Waals surface area (Å²) in [6.45, 7) is 2.76. The average molecular weight is 314 g/mol. The van der Waals surface area contributed by atoms with Gasteiger partial charge in [-0.25, -0.2) is 0 Å². The highest BCUT2D eigenvalue weighted by Crippen LogP contribution is 2.26. The molecule has 0 aliphatic carbocycles. The molecule has 21 heavy (non-hydrogen) atoms. The fourth-order valence-electron chi connectivity index (χ4n) is 2.54. The number of thioether (sulfide) groups is 1. The van der Waals surface area contributed by atoms with Gasteiger partial charge in [0.2, 0.25) is 5.91 Å². The summed E-state index contributed by atoms with van der Waals surface area (Å²) in [5, 5.41) is 3.50. The van der Waals surface area contributed by atoms with E-state index in [1.54, 1.807) is 17.0 Å². The molecule has 1 aliphatic heterocycles. The van der Waals surface area contributed by atoms with Crippen molar-refractivity contribution in [2.24, 2.45) is 0 Å². The van der Waals surface area contributed by atoms with Crippen LogP contribution in [0.2, 0.25) is 0 Å². The number of carbonyl (C=O) groups is 1. The Morgan fingerprint density at radius 2 is 2.00 bits per heavy atom. The lowest BCUT2D eigenvalue weighted by Crippen LogP contribution is -2.47. The van der Waals surface area contributed by atoms with Crippen LogP contribution in [0.3, 0.4) is 0 Å². The zero-order valence-electron chi connectivity index (χ0n) is 12.2. The van der Waals surface area contributed by atoms with Crippen molar-refractivity contribution in [3.63, 3.8) is 0 Å². The number of hydrogen-bond acceptors (Lipinski definition) is 3. The quantitative estimate of drug-likeness (QED) is 0.847. The molecule has 1 aliphatic rings. The number of nitrogens with zero attached hydrogens (tertiary/aromatic N) is 1. The zero-order valence-corrected chi connectivity index (χ0v) is 13.0. The largest absolute Gasteiger partial charge is 0.344 e. The number of hydrogen-bond donors (Lipinski definition) is 1. The number of piperidine rings is 1. The van der Waals surface area contributed by atoms with Gasteiger partial charge in [-0.05, 0) is 31.0 Å². The Hall–Kier alpha value is -1.14. The number of likely N-dealkylation sites (N-methyl/N-ethyl adjacent to an activating group) is 1. The predicted molar refractivity (Wildman–Crippen MR) is 80.5 cm³/mol. The Kier molecular flexibility index (Phi) is 5.58. The fourth-order valence-corrected chi connectivity index (χ4v) is 3.03. The van der Waals surface area contributed by atoms with Gasteiger partial charge in [-0.15, -0.1) is 0 Å². The zero-order chi connectivity index (χ0) is 15.4. The lowest BCUT2D eigenvalue weighted by molar-refractivity contribution is -0.132. The molecule has 1 saturated heterocycles. The molecule has 1 fully saturated rings. The summed E-state index contributed by atoms with van der Waals surface area (Å²) in [6, 6.07) is 7.60. The summed E-state index contributed by atoms with van der Waals surface area (Å²) < 4.78 is 24.6. The van der Waals surface area contributed by atoms with E-state index in [0.29, 0.717) is 29.6 Å². The Labute approximate surface area is 128 Å². The van der Waals surface area contributed by atoms with Gasteiger partial charge in [0.25, 0.3) is 5.76 Å². The van der Waals surface area contributed by atoms with Gasteiger partial charge in [0.05, 0.1) is 0 Å². The second kappa shape index (κ2) is 7.22. The number of nitrogens with one attached hydrogen (secondary N) is 1. The third-order valence-corrected chi connectivity index (χ3v) is 4.44. The molecule has 2 rings (SSSR count). The topological polar surface area (TPSA) is 32.3 Å². The van der Waals surface area contributed by atoms with Crippen LogP contribution in [0, 0.1) is 0 Å². The van der Waals surface area contributed by atoms with E-state index in [0.717, 1.165) is 12.0 Å². The van der Waals surface area contributed by atoms with Crippen LogP contribution in [0.15, 0.2) is 29.2 Å². The van der Waals surface area contributed by atoms with Gasteiger partial charge >= 0.3 is 0 Å². The van der Waals surface area contributed by atoms with Gasteiger partial charge < -0.3 is 10.2 Å². The predicted octanol–water partition coefficient (Wildman–Crippen LogP) is 3.27. The molecule has 1 amide bonds. The summed E-state index contributed by atoms with van der Waals surface area (Å²) >= 11 is 0.557. The van der Waals surface area contributed by atoms with Crippen molar-refractivity contribution >= 4 is 17.7 Å². The van der Waals surface area contributed by atoms with Crippen LogP contribution in [-0.4, -0.2) is 36.2 Å². The third-order valence-electron chi connectivity index (χ3n) is 3.72. The molecule has 1 heterocycles. The normalized spacial score (nSPS) is 20.9. The fraction of sp³-hybridized carbons (Fsp3) is 0.533. The van der Waals surface area contributed by atoms with Crippen molar-refractivity contribution in [3.8, 4) is 0 Å². The maximum absolute atomic E-state index is 12.3. The maximum Gasteiger partial charge on any atom is 0.288 e. The van der Waals surface area contributed by atoms with Gasteiger partial charge in [-0.1, -0.05) is 23.9 Å². The van der Waals surface area contributed by atoms with Crippen molar-refractivity contribution in [3.05, 3.63) is 29.8 Å². The van der Waals surface area contributed by atoms with Crippen molar-refractivity contribution in [2.45, 2.75) is 42.5 Å². The standard InChI is InChI=1S/C15H20F2N2OS/c1-10(18-12-5-8-14(20)19(2)9-12)11-3-6-13(7-4-11)21-15(16)17/h3-4,6-7,10,12,15,18H,5,8-9H2,1-2H3/t10-,12-/m1/s1. The summed E-state index contributed by atoms with van der Waals surface area (Å²) in [4.78, 5) is 13.8. The second-order valence-electron chi connectivity index (χ2n) is 5.35. The molecule has 2 atom stereocenters. The Bertz CT molecular complexity index is 481. The van der Waals surface area contributed by atoms with Crippen molar-refractivity contribution in [1.29, 1.82) is 0 Å². The minimum Gasteiger partial charge on any atom is -0.344 e. The summed E-state index contributed by atoms with van der Waals surface area (Å²) in [6.07, 6.45) is 1.41. The number of amides is 1. The van der Waals surface area contributed by atoms with Gasteiger partial charge in [-0.2, -0.15) is 8.78 Å². The van der Waals surface area contributed by atoms with E-state index in [1.165, 1.54) is 0 Å². The molecule has 1 N–H and O–H groups in total. The molecule has 0 bridgehead atoms. The first kappa shape index (κ1) is 16.2. The van der Waals surface area contributed by atoms with Crippen LogP contribution in [-0.2, 0) is 4.79 Å². The number of halogens is 2. The summed E-state index contributed by atoms with van der Waals surface area (Å²) in [5.41, 5.74) is 1.06. The number of alkyl halides is 2. The second-order valence-corrected chi connectivity index (χ2v) is 6.41. The molecule has 3 nitrogen and oxygen atoms in total. The molecular weight excluding hydrogens is 294 g/mol. The molecule has 0 aromatic heterocycles. The molecule has 0 unspecified atom stereocenters. The van der Waals surface area contributed by atoms with E-state index in [4.69, 9.17) is 0 Å². The summed E-state index contributed by atoms with van der Waals surface area (Å²) in [5.74, 6) is -2.20. The van der Waals surface area contributed by atoms with Gasteiger partial charge in [-0.3, -0.25) is 4.79 Å². The molecule has 6 heteroatoms. The SMILES string of the molecule is C[C@@H](N[C@@H]1CCC(=O)N(C)C1)c1ccc(SC(F)F)cc1. The maximum atomic E-state index is 12.3. The molecule has 0 saturated carbocycles. The summed E-state index contributed by atoms with van der Waals surface area (Å²) in [7, 11) is 1.82. The molecule has 1 aromatic carbocycles. The van der Waals surface area contributed by atoms with Gasteiger partial charge in [0.15, 0.2) is 0 Å². The molecule has 0 spiro atoms. The lowest BCUT2D eigenvalue weighted by Gasteiger charge is -2.32. The van der Waals surface area contributed by atoms with E-state index in [9.17, 15) is 13.6 Å². The first-order valence-corrected chi connectivity index (χ1v) is 7.88. The Morgan fingerprint density at radius 3 is 2.57 bits per heavy atom. The van der Waals surface area contributed by atoms with Crippen LogP contribution in [0.4, 0.5) is 8.78 Å². The number of likely N-dealkylation sites (tertiary alicyclic amines) is 1. The van der Waals surface area contributed by atoms with Crippen molar-refractivity contribution in [1.82, 2.24) is 10.2 Å². The Morgan fingerprint density at radius 1 is 1.33 bits per heavy atom. The number of rotatable bonds is 5. The van der Waals surface area contributed by atoms with Gasteiger partial charge in [0, 0.05) is 37.0 Å². The van der Waals surface area contributed by atoms with E-state index in [2.05, 4.69) is 5.32 Å². The lowest BCUT2D eigenvalue weighted by atomic mass is 10.0. The van der Waals surface area contributed by atoms with E-state index >= 15 is 0 Å². The number of carbonyl (C=O) groups excluding carboxylic acids is 1. The highest BCUT2D eigenvalue weighted by Gasteiger charge is 2.23.